The van der Waals surface area contributed by atoms with Crippen LogP contribution in [0, 0.1) is 19.7 Å². The highest BCUT2D eigenvalue weighted by atomic mass is 19.1. The molecule has 2 aromatic rings. The Morgan fingerprint density at radius 1 is 1.00 bits per heavy atom. The van der Waals surface area contributed by atoms with Crippen molar-refractivity contribution in [2.45, 2.75) is 26.7 Å². The first-order valence-corrected chi connectivity index (χ1v) is 6.37. The summed E-state index contributed by atoms with van der Waals surface area (Å²) in [7, 11) is 0. The molecular weight excluding hydrogens is 239 g/mol. The van der Waals surface area contributed by atoms with Gasteiger partial charge in [0, 0.05) is 12.8 Å². The summed E-state index contributed by atoms with van der Waals surface area (Å²) in [5.74, 6) is -0.179. The quantitative estimate of drug-likeness (QED) is 0.813. The lowest BCUT2D eigenvalue weighted by Gasteiger charge is -2.06. The van der Waals surface area contributed by atoms with Crippen molar-refractivity contribution in [1.29, 1.82) is 0 Å². The molecule has 0 saturated heterocycles. The van der Waals surface area contributed by atoms with E-state index in [0.717, 1.165) is 16.7 Å². The zero-order valence-electron chi connectivity index (χ0n) is 11.2. The third kappa shape index (κ3) is 3.75. The fraction of sp³-hybridized carbons (Fsp3) is 0.235. The number of ketones is 1. The van der Waals surface area contributed by atoms with Gasteiger partial charge >= 0.3 is 0 Å². The molecule has 0 heterocycles. The Kier molecular flexibility index (Phi) is 4.10. The number of carbonyl (C=O) groups is 1. The summed E-state index contributed by atoms with van der Waals surface area (Å²) in [5.41, 5.74) is 3.91. The van der Waals surface area contributed by atoms with Crippen LogP contribution in [0.2, 0.25) is 0 Å². The summed E-state index contributed by atoms with van der Waals surface area (Å²) < 4.78 is 13.2. The molecule has 1 nitrogen and oxygen atoms in total. The van der Waals surface area contributed by atoms with E-state index in [1.807, 2.05) is 38.1 Å². The van der Waals surface area contributed by atoms with Gasteiger partial charge in [0.15, 0.2) is 0 Å². The zero-order valence-corrected chi connectivity index (χ0v) is 11.2. The summed E-state index contributed by atoms with van der Waals surface area (Å²) in [4.78, 5) is 12.0. The first-order chi connectivity index (χ1) is 9.04. The van der Waals surface area contributed by atoms with Gasteiger partial charge in [-0.1, -0.05) is 35.9 Å². The summed E-state index contributed by atoms with van der Waals surface area (Å²) in [5, 5.41) is 0. The maximum absolute atomic E-state index is 13.2. The monoisotopic (exact) mass is 256 g/mol. The van der Waals surface area contributed by atoms with E-state index in [-0.39, 0.29) is 18.0 Å². The van der Waals surface area contributed by atoms with E-state index in [1.165, 1.54) is 17.7 Å². The molecule has 2 rings (SSSR count). The molecule has 0 radical (unpaired) electrons. The van der Waals surface area contributed by atoms with Crippen molar-refractivity contribution in [3.63, 3.8) is 0 Å². The largest absolute Gasteiger partial charge is 0.299 e. The van der Waals surface area contributed by atoms with E-state index < -0.39 is 0 Å². The van der Waals surface area contributed by atoms with Crippen molar-refractivity contribution in [2.75, 3.05) is 0 Å². The molecule has 19 heavy (non-hydrogen) atoms. The van der Waals surface area contributed by atoms with E-state index >= 15 is 0 Å². The lowest BCUT2D eigenvalue weighted by molar-refractivity contribution is -0.117. The lowest BCUT2D eigenvalue weighted by atomic mass is 9.99. The van der Waals surface area contributed by atoms with Crippen LogP contribution in [0.15, 0.2) is 42.5 Å². The molecule has 0 aromatic heterocycles. The zero-order chi connectivity index (χ0) is 13.8. The number of rotatable bonds is 4. The van der Waals surface area contributed by atoms with Gasteiger partial charge in [-0.15, -0.1) is 0 Å². The number of Topliss-reactive ketones (excluding diaryl/α,β-unsaturated/α-hetero) is 1. The smallest absolute Gasteiger partial charge is 0.141 e. The Labute approximate surface area is 113 Å². The maximum atomic E-state index is 13.2. The van der Waals surface area contributed by atoms with Gasteiger partial charge in [0.2, 0.25) is 0 Å². The Hall–Kier alpha value is -1.96. The standard InChI is InChI=1S/C17H17FO/c1-12-3-6-14(7-4-12)9-17(19)11-15-10-16(18)8-5-13(15)2/h3-8,10H,9,11H2,1-2H3. The van der Waals surface area contributed by atoms with Gasteiger partial charge in [0.25, 0.3) is 0 Å². The minimum Gasteiger partial charge on any atom is -0.299 e. The van der Waals surface area contributed by atoms with Crippen molar-refractivity contribution in [1.82, 2.24) is 0 Å². The van der Waals surface area contributed by atoms with Gasteiger partial charge in [-0.25, -0.2) is 4.39 Å². The number of hydrogen-bond donors (Lipinski definition) is 0. The highest BCUT2D eigenvalue weighted by molar-refractivity contribution is 5.83. The molecule has 0 bridgehead atoms. The Morgan fingerprint density at radius 2 is 1.68 bits per heavy atom. The van der Waals surface area contributed by atoms with Crippen LogP contribution in [-0.4, -0.2) is 5.78 Å². The van der Waals surface area contributed by atoms with Crippen LogP contribution < -0.4 is 0 Å². The van der Waals surface area contributed by atoms with Gasteiger partial charge in [-0.3, -0.25) is 4.79 Å². The van der Waals surface area contributed by atoms with Crippen LogP contribution in [-0.2, 0) is 17.6 Å². The first-order valence-electron chi connectivity index (χ1n) is 6.37. The Bertz CT molecular complexity index is 585. The van der Waals surface area contributed by atoms with Crippen LogP contribution in [0.3, 0.4) is 0 Å². The van der Waals surface area contributed by atoms with Crippen LogP contribution in [0.4, 0.5) is 4.39 Å². The van der Waals surface area contributed by atoms with Crippen LogP contribution in [0.1, 0.15) is 22.3 Å². The highest BCUT2D eigenvalue weighted by Crippen LogP contribution is 2.13. The van der Waals surface area contributed by atoms with E-state index in [1.54, 1.807) is 6.07 Å². The Morgan fingerprint density at radius 3 is 2.37 bits per heavy atom. The van der Waals surface area contributed by atoms with Crippen LogP contribution in [0.5, 0.6) is 0 Å². The van der Waals surface area contributed by atoms with Crippen molar-refractivity contribution in [3.05, 3.63) is 70.5 Å². The van der Waals surface area contributed by atoms with Gasteiger partial charge in [0.1, 0.15) is 11.6 Å². The van der Waals surface area contributed by atoms with E-state index in [0.29, 0.717) is 6.42 Å². The van der Waals surface area contributed by atoms with Crippen LogP contribution in [0.25, 0.3) is 0 Å². The fourth-order valence-corrected chi connectivity index (χ4v) is 2.04. The van der Waals surface area contributed by atoms with Crippen molar-refractivity contribution in [2.24, 2.45) is 0 Å². The molecule has 0 spiro atoms. The molecule has 0 aliphatic carbocycles. The van der Waals surface area contributed by atoms with Crippen molar-refractivity contribution in [3.8, 4) is 0 Å². The van der Waals surface area contributed by atoms with E-state index in [4.69, 9.17) is 0 Å². The molecule has 2 heteroatoms. The molecule has 0 aliphatic heterocycles. The molecule has 2 aromatic carbocycles. The van der Waals surface area contributed by atoms with Gasteiger partial charge in [-0.05, 0) is 42.7 Å². The molecule has 0 atom stereocenters. The van der Waals surface area contributed by atoms with E-state index in [2.05, 4.69) is 0 Å². The molecule has 98 valence electrons. The van der Waals surface area contributed by atoms with Crippen molar-refractivity contribution < 1.29 is 9.18 Å². The molecule has 0 saturated carbocycles. The average Bonchev–Trinajstić information content (AvgIpc) is 2.37. The molecule has 0 unspecified atom stereocenters. The maximum Gasteiger partial charge on any atom is 0.141 e. The second-order valence-electron chi connectivity index (χ2n) is 4.95. The molecule has 0 fully saturated rings. The third-order valence-corrected chi connectivity index (χ3v) is 3.22. The topological polar surface area (TPSA) is 17.1 Å². The van der Waals surface area contributed by atoms with Gasteiger partial charge < -0.3 is 0 Å². The number of halogens is 1. The summed E-state index contributed by atoms with van der Waals surface area (Å²) >= 11 is 0. The summed E-state index contributed by atoms with van der Waals surface area (Å²) in [6.45, 7) is 3.91. The SMILES string of the molecule is Cc1ccc(CC(=O)Cc2cc(F)ccc2C)cc1. The number of benzene rings is 2. The number of hydrogen-bond acceptors (Lipinski definition) is 1. The molecule has 0 amide bonds. The lowest BCUT2D eigenvalue weighted by Crippen LogP contribution is -2.08. The molecular formula is C17H17FO. The van der Waals surface area contributed by atoms with E-state index in [9.17, 15) is 9.18 Å². The molecule has 0 aliphatic rings. The second kappa shape index (κ2) is 5.79. The third-order valence-electron chi connectivity index (χ3n) is 3.22. The summed E-state index contributed by atoms with van der Waals surface area (Å²) in [6, 6.07) is 12.5. The average molecular weight is 256 g/mol. The van der Waals surface area contributed by atoms with Gasteiger partial charge in [-0.2, -0.15) is 0 Å². The van der Waals surface area contributed by atoms with Gasteiger partial charge in [0.05, 0.1) is 0 Å². The summed E-state index contributed by atoms with van der Waals surface area (Å²) in [6.07, 6.45) is 0.688. The van der Waals surface area contributed by atoms with Crippen LogP contribution >= 0.6 is 0 Å². The predicted molar refractivity (Wildman–Crippen MR) is 74.7 cm³/mol. The minimum atomic E-state index is -0.288. The predicted octanol–water partition coefficient (Wildman–Crippen LogP) is 3.80. The highest BCUT2D eigenvalue weighted by Gasteiger charge is 2.08. The molecule has 0 N–H and O–H groups in total. The number of carbonyl (C=O) groups excluding carboxylic acids is 1. The minimum absolute atomic E-state index is 0.109. The number of aryl methyl sites for hydroxylation is 2. The fourth-order valence-electron chi connectivity index (χ4n) is 2.04. The first kappa shape index (κ1) is 13.5. The second-order valence-corrected chi connectivity index (χ2v) is 4.95. The normalized spacial score (nSPS) is 10.5. The van der Waals surface area contributed by atoms with Crippen molar-refractivity contribution >= 4 is 5.78 Å². The Balaban J connectivity index is 2.05.